The molecule has 6 nitrogen and oxygen atoms in total. The fraction of sp³-hybridized carbons (Fsp3) is 0.417. The number of aromatic nitrogens is 2. The molecule has 0 atom stereocenters. The van der Waals surface area contributed by atoms with Crippen LogP contribution in [0.25, 0.3) is 0 Å². The number of nitrogens with one attached hydrogen (secondary N) is 1. The Hall–Kier alpha value is -1.38. The normalized spacial score (nSPS) is 12.0. The molecule has 0 aliphatic carbocycles. The van der Waals surface area contributed by atoms with Crippen LogP contribution in [0.3, 0.4) is 0 Å². The van der Waals surface area contributed by atoms with Crippen LogP contribution in [-0.4, -0.2) is 29.9 Å². The van der Waals surface area contributed by atoms with Gasteiger partial charge in [-0.2, -0.15) is 5.10 Å². The molecule has 2 aromatic heterocycles. The Balaban J connectivity index is 2.16. The van der Waals surface area contributed by atoms with E-state index < -0.39 is 10.0 Å². The van der Waals surface area contributed by atoms with Crippen molar-refractivity contribution >= 4 is 27.0 Å². The fourth-order valence-corrected chi connectivity index (χ4v) is 4.00. The third kappa shape index (κ3) is 3.38. The lowest BCUT2D eigenvalue weighted by atomic mass is 10.4. The first kappa shape index (κ1) is 15.0. The topological polar surface area (TPSA) is 84.2 Å². The van der Waals surface area contributed by atoms with E-state index in [9.17, 15) is 8.42 Å². The van der Waals surface area contributed by atoms with Crippen LogP contribution in [-0.2, 0) is 16.4 Å². The molecule has 2 heterocycles. The van der Waals surface area contributed by atoms with E-state index >= 15 is 0 Å². The van der Waals surface area contributed by atoms with Crippen molar-refractivity contribution in [3.8, 4) is 0 Å². The molecule has 0 aliphatic heterocycles. The van der Waals surface area contributed by atoms with Gasteiger partial charge in [-0.3, -0.25) is 9.40 Å². The summed E-state index contributed by atoms with van der Waals surface area (Å²) in [5.41, 5.74) is 0.441. The summed E-state index contributed by atoms with van der Waals surface area (Å²) in [4.78, 5) is 0.839. The molecule has 2 N–H and O–H groups in total. The van der Waals surface area contributed by atoms with E-state index in [1.165, 1.54) is 6.20 Å². The number of aliphatic hydroxyl groups is 1. The smallest absolute Gasteiger partial charge is 0.271 e. The molecule has 0 aromatic carbocycles. The molecule has 110 valence electrons. The van der Waals surface area contributed by atoms with Gasteiger partial charge in [-0.25, -0.2) is 8.42 Å². The Morgan fingerprint density at radius 2 is 2.20 bits per heavy atom. The number of hydrogen-bond donors (Lipinski definition) is 2. The van der Waals surface area contributed by atoms with Gasteiger partial charge in [0.1, 0.15) is 4.21 Å². The van der Waals surface area contributed by atoms with Crippen molar-refractivity contribution in [2.45, 2.75) is 30.5 Å². The average Bonchev–Trinajstić information content (AvgIpc) is 2.98. The van der Waals surface area contributed by atoms with Gasteiger partial charge in [0.2, 0.25) is 0 Å². The molecule has 2 aromatic rings. The molecule has 0 amide bonds. The van der Waals surface area contributed by atoms with E-state index in [2.05, 4.69) is 9.82 Å². The number of hydrogen-bond acceptors (Lipinski definition) is 5. The monoisotopic (exact) mass is 315 g/mol. The summed E-state index contributed by atoms with van der Waals surface area (Å²) in [6.45, 7) is 3.94. The molecule has 0 bridgehead atoms. The van der Waals surface area contributed by atoms with Crippen LogP contribution in [0.5, 0.6) is 0 Å². The number of anilines is 1. The summed E-state index contributed by atoms with van der Waals surface area (Å²) >= 11 is 1.16. The summed E-state index contributed by atoms with van der Waals surface area (Å²) in [5.74, 6) is 0. The maximum Gasteiger partial charge on any atom is 0.271 e. The number of thiophene rings is 1. The summed E-state index contributed by atoms with van der Waals surface area (Å²) in [7, 11) is -3.59. The standard InChI is InChI=1S/C12H17N3O3S2/c1-9(2)15-8-10(7-13-15)14-20(17,18)12-4-3-11(19-12)5-6-16/h3-4,7-9,14,16H,5-6H2,1-2H3. The lowest BCUT2D eigenvalue weighted by Gasteiger charge is -2.04. The van der Waals surface area contributed by atoms with Gasteiger partial charge >= 0.3 is 0 Å². The van der Waals surface area contributed by atoms with E-state index in [1.54, 1.807) is 23.0 Å². The van der Waals surface area contributed by atoms with Gasteiger partial charge in [0.15, 0.2) is 0 Å². The van der Waals surface area contributed by atoms with Crippen molar-refractivity contribution in [3.63, 3.8) is 0 Å². The molecular formula is C12H17N3O3S2. The Bertz CT molecular complexity index is 674. The van der Waals surface area contributed by atoms with Crippen LogP contribution in [0.2, 0.25) is 0 Å². The molecule has 0 aliphatic rings. The third-order valence-corrected chi connectivity index (χ3v) is 5.66. The largest absolute Gasteiger partial charge is 0.396 e. The summed E-state index contributed by atoms with van der Waals surface area (Å²) in [6.07, 6.45) is 3.61. The second-order valence-electron chi connectivity index (χ2n) is 4.60. The van der Waals surface area contributed by atoms with E-state index in [4.69, 9.17) is 5.11 Å². The molecule has 0 saturated heterocycles. The molecule has 0 radical (unpaired) electrons. The van der Waals surface area contributed by atoms with Crippen LogP contribution >= 0.6 is 11.3 Å². The van der Waals surface area contributed by atoms with Crippen LogP contribution < -0.4 is 4.72 Å². The lowest BCUT2D eigenvalue weighted by Crippen LogP contribution is -2.11. The Morgan fingerprint density at radius 3 is 2.80 bits per heavy atom. The van der Waals surface area contributed by atoms with Crippen molar-refractivity contribution in [2.24, 2.45) is 0 Å². The number of aliphatic hydroxyl groups excluding tert-OH is 1. The summed E-state index contributed by atoms with van der Waals surface area (Å²) in [5, 5.41) is 12.9. The first-order chi connectivity index (χ1) is 9.42. The fourth-order valence-electron chi connectivity index (χ4n) is 1.63. The minimum absolute atomic E-state index is 0.00852. The van der Waals surface area contributed by atoms with Crippen molar-refractivity contribution in [1.82, 2.24) is 9.78 Å². The molecular weight excluding hydrogens is 298 g/mol. The van der Waals surface area contributed by atoms with Gasteiger partial charge in [0.25, 0.3) is 10.0 Å². The number of nitrogens with zero attached hydrogens (tertiary/aromatic N) is 2. The van der Waals surface area contributed by atoms with E-state index in [0.717, 1.165) is 16.2 Å². The van der Waals surface area contributed by atoms with Gasteiger partial charge in [-0.1, -0.05) is 0 Å². The van der Waals surface area contributed by atoms with Crippen molar-refractivity contribution in [1.29, 1.82) is 0 Å². The molecule has 0 spiro atoms. The van der Waals surface area contributed by atoms with Crippen LogP contribution in [0, 0.1) is 0 Å². The number of rotatable bonds is 6. The van der Waals surface area contributed by atoms with Gasteiger partial charge < -0.3 is 5.11 Å². The zero-order chi connectivity index (χ0) is 14.8. The Labute approximate surface area is 122 Å². The van der Waals surface area contributed by atoms with Crippen molar-refractivity contribution in [3.05, 3.63) is 29.4 Å². The van der Waals surface area contributed by atoms with Crippen molar-refractivity contribution < 1.29 is 13.5 Å². The second-order valence-corrected chi connectivity index (χ2v) is 7.68. The predicted octanol–water partition coefficient (Wildman–Crippen LogP) is 1.86. The molecule has 0 fully saturated rings. The quantitative estimate of drug-likeness (QED) is 0.852. The Kier molecular flexibility index (Phi) is 4.46. The minimum Gasteiger partial charge on any atom is -0.396 e. The van der Waals surface area contributed by atoms with Crippen molar-refractivity contribution in [2.75, 3.05) is 11.3 Å². The van der Waals surface area contributed by atoms with Gasteiger partial charge in [0.05, 0.1) is 11.9 Å². The van der Waals surface area contributed by atoms with Gasteiger partial charge in [0, 0.05) is 30.1 Å². The SMILES string of the molecule is CC(C)n1cc(NS(=O)(=O)c2ccc(CCO)s2)cn1. The van der Waals surface area contributed by atoms with Gasteiger partial charge in [-0.15, -0.1) is 11.3 Å². The highest BCUT2D eigenvalue weighted by molar-refractivity contribution is 7.94. The third-order valence-electron chi connectivity index (χ3n) is 2.64. The zero-order valence-electron chi connectivity index (χ0n) is 11.3. The highest BCUT2D eigenvalue weighted by atomic mass is 32.2. The number of sulfonamides is 1. The van der Waals surface area contributed by atoms with Crippen LogP contribution in [0.15, 0.2) is 28.7 Å². The van der Waals surface area contributed by atoms with E-state index in [-0.39, 0.29) is 16.9 Å². The zero-order valence-corrected chi connectivity index (χ0v) is 12.9. The lowest BCUT2D eigenvalue weighted by molar-refractivity contribution is 0.300. The highest BCUT2D eigenvalue weighted by Gasteiger charge is 2.18. The molecule has 0 saturated carbocycles. The maximum absolute atomic E-state index is 12.2. The highest BCUT2D eigenvalue weighted by Crippen LogP contribution is 2.24. The molecule has 8 heteroatoms. The molecule has 0 unspecified atom stereocenters. The second kappa shape index (κ2) is 5.94. The Morgan fingerprint density at radius 1 is 1.45 bits per heavy atom. The average molecular weight is 315 g/mol. The summed E-state index contributed by atoms with van der Waals surface area (Å²) < 4.78 is 28.8. The van der Waals surface area contributed by atoms with Gasteiger partial charge in [-0.05, 0) is 26.0 Å². The predicted molar refractivity (Wildman–Crippen MR) is 78.5 cm³/mol. The molecule has 20 heavy (non-hydrogen) atoms. The van der Waals surface area contributed by atoms with E-state index in [0.29, 0.717) is 12.1 Å². The first-order valence-electron chi connectivity index (χ1n) is 6.19. The molecule has 2 rings (SSSR count). The maximum atomic E-state index is 12.2. The first-order valence-corrected chi connectivity index (χ1v) is 8.49. The minimum atomic E-state index is -3.59. The van der Waals surface area contributed by atoms with Crippen LogP contribution in [0.4, 0.5) is 5.69 Å². The van der Waals surface area contributed by atoms with Crippen LogP contribution in [0.1, 0.15) is 24.8 Å². The summed E-state index contributed by atoms with van der Waals surface area (Å²) in [6, 6.07) is 3.43. The van der Waals surface area contributed by atoms with E-state index in [1.807, 2.05) is 13.8 Å².